The summed E-state index contributed by atoms with van der Waals surface area (Å²) in [5.41, 5.74) is 2.81. The Labute approximate surface area is 137 Å². The number of benzene rings is 1. The number of carbonyl (C=O) groups excluding carboxylic acids is 1. The number of amides is 2. The predicted octanol–water partition coefficient (Wildman–Crippen LogP) is 2.16. The lowest BCUT2D eigenvalue weighted by molar-refractivity contribution is -0.0896. The first-order chi connectivity index (χ1) is 11.2. The van der Waals surface area contributed by atoms with E-state index in [0.29, 0.717) is 32.2 Å². The fourth-order valence-electron chi connectivity index (χ4n) is 3.67. The summed E-state index contributed by atoms with van der Waals surface area (Å²) < 4.78 is 10.9. The average molecular weight is 318 g/mol. The Balaban J connectivity index is 1.53. The van der Waals surface area contributed by atoms with Gasteiger partial charge in [0.15, 0.2) is 0 Å². The molecule has 3 atom stereocenters. The van der Waals surface area contributed by atoms with E-state index in [0.717, 1.165) is 12.8 Å². The van der Waals surface area contributed by atoms with Gasteiger partial charge in [-0.1, -0.05) is 24.3 Å². The van der Waals surface area contributed by atoms with Crippen molar-refractivity contribution < 1.29 is 14.3 Å². The zero-order valence-electron chi connectivity index (χ0n) is 14.0. The summed E-state index contributed by atoms with van der Waals surface area (Å²) in [5.74, 6) is 0.434. The van der Waals surface area contributed by atoms with E-state index in [1.807, 2.05) is 11.8 Å². The number of urea groups is 1. The molecule has 2 aliphatic rings. The van der Waals surface area contributed by atoms with Crippen LogP contribution < -0.4 is 5.32 Å². The van der Waals surface area contributed by atoms with Gasteiger partial charge < -0.3 is 19.7 Å². The number of methoxy groups -OCH3 is 1. The maximum absolute atomic E-state index is 12.5. The van der Waals surface area contributed by atoms with Gasteiger partial charge in [0.1, 0.15) is 0 Å². The van der Waals surface area contributed by atoms with Crippen molar-refractivity contribution in [1.82, 2.24) is 10.2 Å². The van der Waals surface area contributed by atoms with Gasteiger partial charge >= 0.3 is 6.03 Å². The number of fused-ring (bicyclic) bond motifs is 1. The average Bonchev–Trinajstić information content (AvgIpc) is 2.95. The SMILES string of the molecule is COC[C@@H]1CN(C(=O)NC[C@H]2CCc3ccccc32)C[C@H](C)O1. The molecule has 1 heterocycles. The van der Waals surface area contributed by atoms with Crippen LogP contribution in [0.4, 0.5) is 4.79 Å². The molecule has 23 heavy (non-hydrogen) atoms. The van der Waals surface area contributed by atoms with Gasteiger partial charge in [0.2, 0.25) is 0 Å². The van der Waals surface area contributed by atoms with Gasteiger partial charge in [0.05, 0.1) is 25.4 Å². The van der Waals surface area contributed by atoms with Crippen LogP contribution in [0.5, 0.6) is 0 Å². The fourth-order valence-corrected chi connectivity index (χ4v) is 3.67. The Morgan fingerprint density at radius 1 is 1.39 bits per heavy atom. The van der Waals surface area contributed by atoms with Gasteiger partial charge in [0, 0.05) is 26.1 Å². The molecule has 1 aromatic rings. The standard InChI is InChI=1S/C18H26N2O3/c1-13-10-20(11-16(23-13)12-22-2)18(21)19-9-15-8-7-14-5-3-4-6-17(14)15/h3-6,13,15-16H,7-12H2,1-2H3,(H,19,21)/t13-,15+,16-/m0/s1. The highest BCUT2D eigenvalue weighted by Gasteiger charge is 2.29. The number of nitrogens with one attached hydrogen (secondary N) is 1. The van der Waals surface area contributed by atoms with Crippen molar-refractivity contribution in [2.24, 2.45) is 0 Å². The Morgan fingerprint density at radius 2 is 2.22 bits per heavy atom. The van der Waals surface area contributed by atoms with E-state index in [2.05, 4.69) is 29.6 Å². The molecule has 1 aromatic carbocycles. The van der Waals surface area contributed by atoms with Crippen LogP contribution >= 0.6 is 0 Å². The minimum Gasteiger partial charge on any atom is -0.382 e. The third-order valence-corrected chi connectivity index (χ3v) is 4.72. The first-order valence-electron chi connectivity index (χ1n) is 8.42. The topological polar surface area (TPSA) is 50.8 Å². The molecule has 1 aliphatic heterocycles. The number of rotatable bonds is 4. The fraction of sp³-hybridized carbons (Fsp3) is 0.611. The summed E-state index contributed by atoms with van der Waals surface area (Å²) in [6.07, 6.45) is 2.23. The van der Waals surface area contributed by atoms with E-state index in [1.165, 1.54) is 11.1 Å². The molecule has 0 unspecified atom stereocenters. The van der Waals surface area contributed by atoms with Gasteiger partial charge in [-0.15, -0.1) is 0 Å². The van der Waals surface area contributed by atoms with Crippen LogP contribution in [0.2, 0.25) is 0 Å². The van der Waals surface area contributed by atoms with Crippen LogP contribution in [0.3, 0.4) is 0 Å². The molecule has 2 amide bonds. The van der Waals surface area contributed by atoms with Gasteiger partial charge in [0.25, 0.3) is 0 Å². The van der Waals surface area contributed by atoms with Crippen LogP contribution in [-0.4, -0.2) is 56.5 Å². The highest BCUT2D eigenvalue weighted by atomic mass is 16.5. The molecule has 0 aromatic heterocycles. The van der Waals surface area contributed by atoms with Gasteiger partial charge in [-0.2, -0.15) is 0 Å². The summed E-state index contributed by atoms with van der Waals surface area (Å²) in [5, 5.41) is 3.11. The monoisotopic (exact) mass is 318 g/mol. The molecule has 5 nitrogen and oxygen atoms in total. The summed E-state index contributed by atoms with van der Waals surface area (Å²) >= 11 is 0. The van der Waals surface area contributed by atoms with Crippen LogP contribution in [-0.2, 0) is 15.9 Å². The maximum atomic E-state index is 12.5. The normalized spacial score (nSPS) is 26.9. The highest BCUT2D eigenvalue weighted by molar-refractivity contribution is 5.74. The number of ether oxygens (including phenoxy) is 2. The van der Waals surface area contributed by atoms with Crippen LogP contribution in [0, 0.1) is 0 Å². The maximum Gasteiger partial charge on any atom is 0.317 e. The van der Waals surface area contributed by atoms with Crippen molar-refractivity contribution in [3.05, 3.63) is 35.4 Å². The van der Waals surface area contributed by atoms with Crippen molar-refractivity contribution in [3.8, 4) is 0 Å². The first kappa shape index (κ1) is 16.3. The molecule has 3 rings (SSSR count). The molecule has 0 radical (unpaired) electrons. The van der Waals surface area contributed by atoms with E-state index in [4.69, 9.17) is 9.47 Å². The minimum absolute atomic E-state index is 0.00522. The molecular weight excluding hydrogens is 292 g/mol. The Bertz CT molecular complexity index is 549. The Morgan fingerprint density at radius 3 is 3.04 bits per heavy atom. The number of aryl methyl sites for hydroxylation is 1. The summed E-state index contributed by atoms with van der Waals surface area (Å²) in [4.78, 5) is 14.3. The smallest absolute Gasteiger partial charge is 0.317 e. The van der Waals surface area contributed by atoms with Gasteiger partial charge in [-0.25, -0.2) is 4.79 Å². The van der Waals surface area contributed by atoms with E-state index in [9.17, 15) is 4.79 Å². The molecule has 1 fully saturated rings. The first-order valence-corrected chi connectivity index (χ1v) is 8.42. The van der Waals surface area contributed by atoms with Crippen molar-refractivity contribution in [2.75, 3.05) is 33.4 Å². The lowest BCUT2D eigenvalue weighted by atomic mass is 10.0. The highest BCUT2D eigenvalue weighted by Crippen LogP contribution is 2.32. The van der Waals surface area contributed by atoms with Crippen molar-refractivity contribution in [1.29, 1.82) is 0 Å². The molecule has 5 heteroatoms. The van der Waals surface area contributed by atoms with Gasteiger partial charge in [-0.05, 0) is 30.9 Å². The number of hydrogen-bond donors (Lipinski definition) is 1. The second-order valence-corrected chi connectivity index (χ2v) is 6.55. The summed E-state index contributed by atoms with van der Waals surface area (Å²) in [6.45, 7) is 4.44. The third kappa shape index (κ3) is 3.85. The molecule has 0 bridgehead atoms. The largest absolute Gasteiger partial charge is 0.382 e. The van der Waals surface area contributed by atoms with E-state index < -0.39 is 0 Å². The lowest BCUT2D eigenvalue weighted by Crippen LogP contribution is -2.53. The quantitative estimate of drug-likeness (QED) is 0.925. The second kappa shape index (κ2) is 7.32. The van der Waals surface area contributed by atoms with Crippen LogP contribution in [0.1, 0.15) is 30.4 Å². The zero-order chi connectivity index (χ0) is 16.2. The van der Waals surface area contributed by atoms with Crippen LogP contribution in [0.15, 0.2) is 24.3 Å². The van der Waals surface area contributed by atoms with E-state index in [-0.39, 0.29) is 18.2 Å². The predicted molar refractivity (Wildman–Crippen MR) is 88.7 cm³/mol. The molecule has 0 saturated carbocycles. The number of nitrogens with zero attached hydrogens (tertiary/aromatic N) is 1. The van der Waals surface area contributed by atoms with Gasteiger partial charge in [-0.3, -0.25) is 0 Å². The third-order valence-electron chi connectivity index (χ3n) is 4.72. The molecule has 0 spiro atoms. The zero-order valence-corrected chi connectivity index (χ0v) is 14.0. The molecule has 126 valence electrons. The Kier molecular flexibility index (Phi) is 5.18. The molecular formula is C18H26N2O3. The summed E-state index contributed by atoms with van der Waals surface area (Å²) in [6, 6.07) is 8.55. The lowest BCUT2D eigenvalue weighted by Gasteiger charge is -2.36. The van der Waals surface area contributed by atoms with E-state index >= 15 is 0 Å². The summed E-state index contributed by atoms with van der Waals surface area (Å²) in [7, 11) is 1.66. The molecule has 1 aliphatic carbocycles. The van der Waals surface area contributed by atoms with Crippen molar-refractivity contribution in [3.63, 3.8) is 0 Å². The molecule has 1 saturated heterocycles. The Hall–Kier alpha value is -1.59. The number of carbonyl (C=O) groups is 1. The number of morpholine rings is 1. The van der Waals surface area contributed by atoms with E-state index in [1.54, 1.807) is 7.11 Å². The number of hydrogen-bond acceptors (Lipinski definition) is 3. The second-order valence-electron chi connectivity index (χ2n) is 6.55. The van der Waals surface area contributed by atoms with Crippen LogP contribution in [0.25, 0.3) is 0 Å². The minimum atomic E-state index is -0.0401. The molecule has 1 N–H and O–H groups in total. The van der Waals surface area contributed by atoms with Crippen molar-refractivity contribution >= 4 is 6.03 Å². The van der Waals surface area contributed by atoms with Crippen molar-refractivity contribution in [2.45, 2.75) is 37.9 Å².